The molecular formula is C13H12N4O4S. The fraction of sp³-hybridized carbons (Fsp3) is 0.154. The normalized spacial score (nSPS) is 12.3. The van der Waals surface area contributed by atoms with Crippen LogP contribution in [0.25, 0.3) is 21.8 Å². The first-order valence-corrected chi connectivity index (χ1v) is 7.68. The summed E-state index contributed by atoms with van der Waals surface area (Å²) in [5.74, 6) is 0. The van der Waals surface area contributed by atoms with Crippen LogP contribution >= 0.6 is 0 Å². The van der Waals surface area contributed by atoms with E-state index in [0.29, 0.717) is 14.7 Å². The molecule has 0 amide bonds. The van der Waals surface area contributed by atoms with Gasteiger partial charge in [-0.15, -0.1) is 0 Å². The number of rotatable bonds is 2. The van der Waals surface area contributed by atoms with Crippen LogP contribution in [0.5, 0.6) is 0 Å². The van der Waals surface area contributed by atoms with Gasteiger partial charge in [0.1, 0.15) is 0 Å². The van der Waals surface area contributed by atoms with E-state index < -0.39 is 21.3 Å². The second-order valence-electron chi connectivity index (χ2n) is 4.87. The molecule has 0 saturated carbocycles. The Labute approximate surface area is 124 Å². The standard InChI is InChI=1S/C13H12N4O4S/c1-16(2)22(20,21)17-11-9-7-14-6-5-8(9)3-4-10(11)15-12(18)13(17)19/h3-7H,1-2H3,(H,15,18). The molecule has 0 radical (unpaired) electrons. The van der Waals surface area contributed by atoms with Crippen LogP contribution in [0.1, 0.15) is 0 Å². The number of aromatic amines is 1. The second-order valence-corrected chi connectivity index (χ2v) is 6.86. The van der Waals surface area contributed by atoms with E-state index in [1.807, 2.05) is 0 Å². The largest absolute Gasteiger partial charge is 0.331 e. The van der Waals surface area contributed by atoms with Crippen molar-refractivity contribution in [2.24, 2.45) is 0 Å². The van der Waals surface area contributed by atoms with E-state index in [0.717, 1.165) is 4.31 Å². The third-order valence-electron chi connectivity index (χ3n) is 3.32. The van der Waals surface area contributed by atoms with Gasteiger partial charge >= 0.3 is 21.3 Å². The van der Waals surface area contributed by atoms with Crippen LogP contribution in [0.4, 0.5) is 0 Å². The van der Waals surface area contributed by atoms with Crippen LogP contribution in [0.3, 0.4) is 0 Å². The van der Waals surface area contributed by atoms with Gasteiger partial charge in [0.15, 0.2) is 0 Å². The van der Waals surface area contributed by atoms with Gasteiger partial charge in [-0.3, -0.25) is 14.6 Å². The molecule has 2 aromatic heterocycles. The summed E-state index contributed by atoms with van der Waals surface area (Å²) >= 11 is 0. The molecule has 3 rings (SSSR count). The summed E-state index contributed by atoms with van der Waals surface area (Å²) in [6.07, 6.45) is 3.01. The molecule has 0 spiro atoms. The van der Waals surface area contributed by atoms with E-state index in [1.165, 1.54) is 20.3 Å². The van der Waals surface area contributed by atoms with Crippen LogP contribution in [0.2, 0.25) is 0 Å². The summed E-state index contributed by atoms with van der Waals surface area (Å²) in [5.41, 5.74) is -1.81. The lowest BCUT2D eigenvalue weighted by atomic mass is 10.1. The van der Waals surface area contributed by atoms with Gasteiger partial charge < -0.3 is 4.98 Å². The molecule has 9 heteroatoms. The van der Waals surface area contributed by atoms with Crippen molar-refractivity contribution in [1.29, 1.82) is 0 Å². The summed E-state index contributed by atoms with van der Waals surface area (Å²) < 4.78 is 26.4. The van der Waals surface area contributed by atoms with Crippen LogP contribution in [0, 0.1) is 0 Å². The fourth-order valence-electron chi connectivity index (χ4n) is 2.22. The van der Waals surface area contributed by atoms with E-state index in [-0.39, 0.29) is 11.0 Å². The summed E-state index contributed by atoms with van der Waals surface area (Å²) in [6, 6.07) is 4.96. The number of aromatic nitrogens is 3. The van der Waals surface area contributed by atoms with Crippen molar-refractivity contribution >= 4 is 32.0 Å². The average Bonchev–Trinajstić information content (AvgIpc) is 2.48. The Hall–Kier alpha value is -2.52. The van der Waals surface area contributed by atoms with Gasteiger partial charge in [-0.2, -0.15) is 16.7 Å². The number of fused-ring (bicyclic) bond motifs is 3. The van der Waals surface area contributed by atoms with E-state index in [9.17, 15) is 18.0 Å². The van der Waals surface area contributed by atoms with Gasteiger partial charge in [-0.1, -0.05) is 6.07 Å². The maximum Gasteiger partial charge on any atom is 0.331 e. The first kappa shape index (κ1) is 14.4. The number of hydrogen-bond acceptors (Lipinski definition) is 5. The highest BCUT2D eigenvalue weighted by molar-refractivity contribution is 7.87. The molecule has 114 valence electrons. The smallest absolute Gasteiger partial charge is 0.316 e. The topological polar surface area (TPSA) is 105 Å². The number of pyridine rings is 1. The van der Waals surface area contributed by atoms with Gasteiger partial charge in [-0.25, -0.2) is 0 Å². The molecule has 22 heavy (non-hydrogen) atoms. The lowest BCUT2D eigenvalue weighted by Crippen LogP contribution is -2.44. The fourth-order valence-corrected chi connectivity index (χ4v) is 3.26. The number of hydrogen-bond donors (Lipinski definition) is 1. The molecular weight excluding hydrogens is 308 g/mol. The van der Waals surface area contributed by atoms with Crippen LogP contribution in [-0.2, 0) is 10.2 Å². The molecule has 0 aliphatic carbocycles. The lowest BCUT2D eigenvalue weighted by Gasteiger charge is -2.16. The molecule has 1 aromatic carbocycles. The van der Waals surface area contributed by atoms with Crippen LogP contribution in [0.15, 0.2) is 40.2 Å². The van der Waals surface area contributed by atoms with Gasteiger partial charge in [0.2, 0.25) is 0 Å². The minimum atomic E-state index is -4.16. The maximum absolute atomic E-state index is 12.5. The van der Waals surface area contributed by atoms with Crippen molar-refractivity contribution in [3.05, 3.63) is 51.3 Å². The Balaban J connectivity index is 2.70. The first-order chi connectivity index (χ1) is 10.3. The predicted molar refractivity (Wildman–Crippen MR) is 82.1 cm³/mol. The highest BCUT2D eigenvalue weighted by atomic mass is 32.2. The third-order valence-corrected chi connectivity index (χ3v) is 5.05. The van der Waals surface area contributed by atoms with Crippen molar-refractivity contribution in [3.8, 4) is 0 Å². The molecule has 0 bridgehead atoms. The number of nitrogens with zero attached hydrogens (tertiary/aromatic N) is 3. The quantitative estimate of drug-likeness (QED) is 0.524. The maximum atomic E-state index is 12.5. The summed E-state index contributed by atoms with van der Waals surface area (Å²) in [5, 5.41) is 1.16. The Morgan fingerprint density at radius 2 is 1.91 bits per heavy atom. The predicted octanol–water partition coefficient (Wildman–Crippen LogP) is -0.107. The zero-order valence-electron chi connectivity index (χ0n) is 11.8. The monoisotopic (exact) mass is 320 g/mol. The lowest BCUT2D eigenvalue weighted by molar-refractivity contribution is 0.510. The van der Waals surface area contributed by atoms with Crippen LogP contribution in [-0.4, -0.2) is 40.8 Å². The molecule has 0 aliphatic rings. The Morgan fingerprint density at radius 3 is 2.59 bits per heavy atom. The molecule has 3 aromatic rings. The number of benzene rings is 1. The minimum absolute atomic E-state index is 0.101. The summed E-state index contributed by atoms with van der Waals surface area (Å²) in [7, 11) is -1.58. The van der Waals surface area contributed by atoms with Crippen molar-refractivity contribution in [2.75, 3.05) is 14.1 Å². The number of H-pyrrole nitrogens is 1. The van der Waals surface area contributed by atoms with Crippen molar-refractivity contribution in [1.82, 2.24) is 18.2 Å². The van der Waals surface area contributed by atoms with Gasteiger partial charge in [-0.05, 0) is 17.5 Å². The van der Waals surface area contributed by atoms with Crippen molar-refractivity contribution < 1.29 is 8.42 Å². The molecule has 8 nitrogen and oxygen atoms in total. The summed E-state index contributed by atoms with van der Waals surface area (Å²) in [6.45, 7) is 0. The Morgan fingerprint density at radius 1 is 1.18 bits per heavy atom. The molecule has 0 saturated heterocycles. The summed E-state index contributed by atoms with van der Waals surface area (Å²) in [4.78, 5) is 30.3. The molecule has 1 N–H and O–H groups in total. The molecule has 0 aliphatic heterocycles. The molecule has 0 unspecified atom stereocenters. The highest BCUT2D eigenvalue weighted by Gasteiger charge is 2.23. The Bertz CT molecular complexity index is 1110. The Kier molecular flexibility index (Phi) is 3.11. The van der Waals surface area contributed by atoms with Gasteiger partial charge in [0.05, 0.1) is 11.0 Å². The van der Waals surface area contributed by atoms with Crippen LogP contribution < -0.4 is 11.1 Å². The molecule has 0 atom stereocenters. The van der Waals surface area contributed by atoms with Gasteiger partial charge in [0.25, 0.3) is 0 Å². The highest BCUT2D eigenvalue weighted by Crippen LogP contribution is 2.22. The van der Waals surface area contributed by atoms with E-state index in [2.05, 4.69) is 9.97 Å². The molecule has 2 heterocycles. The number of nitrogens with one attached hydrogen (secondary N) is 1. The van der Waals surface area contributed by atoms with E-state index >= 15 is 0 Å². The van der Waals surface area contributed by atoms with E-state index in [1.54, 1.807) is 24.4 Å². The van der Waals surface area contributed by atoms with Crippen molar-refractivity contribution in [3.63, 3.8) is 0 Å². The zero-order chi connectivity index (χ0) is 16.1. The SMILES string of the molecule is CN(C)S(=O)(=O)n1c(=O)c(=O)[nH]c2ccc3ccncc3c21. The first-order valence-electron chi connectivity index (χ1n) is 6.29. The van der Waals surface area contributed by atoms with Gasteiger partial charge in [0, 0.05) is 31.9 Å². The molecule has 0 fully saturated rings. The average molecular weight is 320 g/mol. The van der Waals surface area contributed by atoms with E-state index in [4.69, 9.17) is 0 Å². The minimum Gasteiger partial charge on any atom is -0.316 e. The zero-order valence-corrected chi connectivity index (χ0v) is 12.6. The second kappa shape index (κ2) is 4.75. The van der Waals surface area contributed by atoms with Crippen molar-refractivity contribution in [2.45, 2.75) is 0 Å². The third kappa shape index (κ3) is 1.94.